The summed E-state index contributed by atoms with van der Waals surface area (Å²) in [6.07, 6.45) is -3.68. The number of nitrogens with two attached hydrogens (primary N) is 1. The maximum atomic E-state index is 13.8. The van der Waals surface area contributed by atoms with Crippen molar-refractivity contribution in [3.63, 3.8) is 0 Å². The number of anilines is 1. The average Bonchev–Trinajstić information content (AvgIpc) is 2.95. The number of hydrogen-bond donors (Lipinski definition) is 1. The van der Waals surface area contributed by atoms with E-state index in [9.17, 15) is 27.2 Å². The van der Waals surface area contributed by atoms with Gasteiger partial charge in [-0.05, 0) is 25.1 Å². The Hall–Kier alpha value is -2.56. The van der Waals surface area contributed by atoms with Gasteiger partial charge in [-0.3, -0.25) is 14.3 Å². The first-order valence-corrected chi connectivity index (χ1v) is 7.17. The van der Waals surface area contributed by atoms with E-state index in [2.05, 4.69) is 5.10 Å². The van der Waals surface area contributed by atoms with Crippen LogP contribution in [0.15, 0.2) is 24.4 Å². The quantitative estimate of drug-likeness (QED) is 0.800. The number of nitrogens with zero attached hydrogens (tertiary/aromatic N) is 3. The zero-order chi connectivity index (χ0) is 18.5. The number of alkyl halides is 3. The van der Waals surface area contributed by atoms with Crippen LogP contribution < -0.4 is 10.6 Å². The fraction of sp³-hybridized carbons (Fsp3) is 0.267. The Bertz CT molecular complexity index is 881. The average molecular weight is 390 g/mol. The van der Waals surface area contributed by atoms with E-state index in [0.717, 1.165) is 17.2 Å². The zero-order valence-corrected chi connectivity index (χ0v) is 14.3. The minimum atomic E-state index is -4.83. The van der Waals surface area contributed by atoms with Crippen molar-refractivity contribution in [2.45, 2.75) is 19.1 Å². The van der Waals surface area contributed by atoms with Gasteiger partial charge in [-0.25, -0.2) is 4.39 Å². The minimum Gasteiger partial charge on any atom is -0.365 e. The number of benzene rings is 1. The molecule has 1 aliphatic rings. The molecule has 140 valence electrons. The lowest BCUT2D eigenvalue weighted by molar-refractivity contribution is -0.139. The first-order valence-electron chi connectivity index (χ1n) is 7.17. The third-order valence-electron chi connectivity index (χ3n) is 3.94. The molecular formula is C15H14F4N4O2S. The summed E-state index contributed by atoms with van der Waals surface area (Å²) in [7, 11) is 0. The summed E-state index contributed by atoms with van der Waals surface area (Å²) in [6.45, 7) is 1.75. The van der Waals surface area contributed by atoms with Crippen molar-refractivity contribution in [2.75, 3.05) is 11.4 Å². The van der Waals surface area contributed by atoms with Gasteiger partial charge in [0.15, 0.2) is 0 Å². The third-order valence-corrected chi connectivity index (χ3v) is 3.94. The molecule has 1 aromatic carbocycles. The maximum Gasteiger partial charge on any atom is 0.419 e. The first-order chi connectivity index (χ1) is 11.6. The molecule has 0 saturated heterocycles. The molecular weight excluding hydrogens is 376 g/mol. The topological polar surface area (TPSA) is 81.2 Å². The second kappa shape index (κ2) is 6.63. The summed E-state index contributed by atoms with van der Waals surface area (Å²) in [6, 6.07) is 1.84. The van der Waals surface area contributed by atoms with E-state index in [1.807, 2.05) is 0 Å². The number of halogens is 4. The molecule has 3 rings (SSSR count). The molecule has 26 heavy (non-hydrogen) atoms. The maximum absolute atomic E-state index is 13.8. The van der Waals surface area contributed by atoms with E-state index in [0.29, 0.717) is 12.1 Å². The Morgan fingerprint density at radius 3 is 2.54 bits per heavy atom. The van der Waals surface area contributed by atoms with Gasteiger partial charge in [-0.2, -0.15) is 31.8 Å². The van der Waals surface area contributed by atoms with E-state index in [1.54, 1.807) is 6.92 Å². The Labute approximate surface area is 152 Å². The van der Waals surface area contributed by atoms with Crippen LogP contribution in [-0.4, -0.2) is 28.1 Å². The van der Waals surface area contributed by atoms with Crippen LogP contribution in [0.5, 0.6) is 0 Å². The van der Waals surface area contributed by atoms with E-state index < -0.39 is 29.4 Å². The molecule has 11 heteroatoms. The van der Waals surface area contributed by atoms with E-state index in [4.69, 9.17) is 5.73 Å². The second-order valence-electron chi connectivity index (χ2n) is 5.64. The highest BCUT2D eigenvalue weighted by Crippen LogP contribution is 2.34. The highest BCUT2D eigenvalue weighted by molar-refractivity contribution is 7.59. The highest BCUT2D eigenvalue weighted by Gasteiger charge is 2.37. The van der Waals surface area contributed by atoms with Gasteiger partial charge in [-0.15, -0.1) is 0 Å². The van der Waals surface area contributed by atoms with E-state index in [-0.39, 0.29) is 43.0 Å². The number of rotatable bonds is 2. The summed E-state index contributed by atoms with van der Waals surface area (Å²) < 4.78 is 53.2. The van der Waals surface area contributed by atoms with Crippen molar-refractivity contribution in [3.8, 4) is 0 Å². The van der Waals surface area contributed by atoms with Crippen LogP contribution >= 0.6 is 13.5 Å². The molecule has 0 spiro atoms. The molecule has 1 aliphatic heterocycles. The van der Waals surface area contributed by atoms with Crippen molar-refractivity contribution in [3.05, 3.63) is 47.0 Å². The van der Waals surface area contributed by atoms with Crippen LogP contribution in [0.1, 0.15) is 39.4 Å². The van der Waals surface area contributed by atoms with Gasteiger partial charge in [-0.1, -0.05) is 0 Å². The summed E-state index contributed by atoms with van der Waals surface area (Å²) in [5.41, 5.74) is 3.57. The van der Waals surface area contributed by atoms with Crippen molar-refractivity contribution >= 4 is 31.0 Å². The Kier molecular flexibility index (Phi) is 5.04. The Morgan fingerprint density at radius 1 is 1.35 bits per heavy atom. The molecule has 2 N–H and O–H groups in total. The number of carbonyl (C=O) groups is 2. The number of carbonyl (C=O) groups excluding carboxylic acids is 2. The normalized spacial score (nSPS) is 16.9. The number of hydrogen-bond acceptors (Lipinski definition) is 3. The van der Waals surface area contributed by atoms with Crippen molar-refractivity contribution in [1.82, 2.24) is 9.78 Å². The molecule has 1 aromatic heterocycles. The molecule has 2 heterocycles. The largest absolute Gasteiger partial charge is 0.419 e. The van der Waals surface area contributed by atoms with Crippen LogP contribution in [0.4, 0.5) is 23.2 Å². The zero-order valence-electron chi connectivity index (χ0n) is 13.3. The Balaban J connectivity index is 0.00000243. The van der Waals surface area contributed by atoms with Crippen molar-refractivity contribution in [2.24, 2.45) is 5.73 Å². The Morgan fingerprint density at radius 2 is 2.00 bits per heavy atom. The fourth-order valence-electron chi connectivity index (χ4n) is 2.77. The lowest BCUT2D eigenvalue weighted by Crippen LogP contribution is -2.43. The minimum absolute atomic E-state index is 0. The molecule has 0 bridgehead atoms. The number of aromatic nitrogens is 2. The van der Waals surface area contributed by atoms with E-state index >= 15 is 0 Å². The van der Waals surface area contributed by atoms with Gasteiger partial charge >= 0.3 is 6.18 Å². The van der Waals surface area contributed by atoms with Gasteiger partial charge in [0.25, 0.3) is 11.8 Å². The van der Waals surface area contributed by atoms with Crippen LogP contribution in [-0.2, 0) is 6.18 Å². The predicted molar refractivity (Wildman–Crippen MR) is 88.9 cm³/mol. The molecule has 1 atom stereocenters. The van der Waals surface area contributed by atoms with Gasteiger partial charge < -0.3 is 10.6 Å². The molecule has 0 fully saturated rings. The summed E-state index contributed by atoms with van der Waals surface area (Å²) in [4.78, 5) is 25.2. The van der Waals surface area contributed by atoms with Crippen LogP contribution in [0.25, 0.3) is 0 Å². The molecule has 0 saturated carbocycles. The summed E-state index contributed by atoms with van der Waals surface area (Å²) in [5, 5.41) is 3.95. The molecule has 2 amide bonds. The molecule has 0 unspecified atom stereocenters. The lowest BCUT2D eigenvalue weighted by atomic mass is 10.1. The number of primary amides is 1. The second-order valence-corrected chi connectivity index (χ2v) is 5.64. The standard InChI is InChI=1S/C15H12F4N4O2.H2S/c1-7-6-22(8-2-3-10(11(16)4-8)15(17,18)19)14(25)12-9(13(20)24)5-21-23(7)12;/h2-5,7H,6H2,1H3,(H2,20,24);1H2/t7-;/m0./s1. The lowest BCUT2D eigenvalue weighted by Gasteiger charge is -2.32. The van der Waals surface area contributed by atoms with Gasteiger partial charge in [0.2, 0.25) is 0 Å². The SMILES string of the molecule is C[C@H]1CN(c2ccc(C(F)(F)F)c(F)c2)C(=O)c2c(C(N)=O)cnn21.S. The summed E-state index contributed by atoms with van der Waals surface area (Å²) in [5.74, 6) is -3.04. The number of amides is 2. The first kappa shape index (κ1) is 19.8. The summed E-state index contributed by atoms with van der Waals surface area (Å²) >= 11 is 0. The molecule has 6 nitrogen and oxygen atoms in total. The van der Waals surface area contributed by atoms with Crippen molar-refractivity contribution < 1.29 is 27.2 Å². The molecule has 0 aliphatic carbocycles. The van der Waals surface area contributed by atoms with E-state index in [1.165, 1.54) is 4.68 Å². The molecule has 0 radical (unpaired) electrons. The van der Waals surface area contributed by atoms with Crippen LogP contribution in [0.2, 0.25) is 0 Å². The van der Waals surface area contributed by atoms with Crippen LogP contribution in [0, 0.1) is 5.82 Å². The van der Waals surface area contributed by atoms with Gasteiger partial charge in [0.1, 0.15) is 11.5 Å². The fourth-order valence-corrected chi connectivity index (χ4v) is 2.77. The highest BCUT2D eigenvalue weighted by atomic mass is 32.1. The van der Waals surface area contributed by atoms with Crippen molar-refractivity contribution in [1.29, 1.82) is 0 Å². The molecule has 2 aromatic rings. The van der Waals surface area contributed by atoms with Crippen LogP contribution in [0.3, 0.4) is 0 Å². The number of fused-ring (bicyclic) bond motifs is 1. The third kappa shape index (κ3) is 3.14. The predicted octanol–water partition coefficient (Wildman–Crippen LogP) is 2.47. The monoisotopic (exact) mass is 390 g/mol. The smallest absolute Gasteiger partial charge is 0.365 e. The van der Waals surface area contributed by atoms with Gasteiger partial charge in [0, 0.05) is 12.2 Å². The van der Waals surface area contributed by atoms with Gasteiger partial charge in [0.05, 0.1) is 23.4 Å².